The maximum Gasteiger partial charge on any atom is 0.272 e. The second-order valence-corrected chi connectivity index (χ2v) is 8.84. The summed E-state index contributed by atoms with van der Waals surface area (Å²) < 4.78 is 15.8. The summed E-state index contributed by atoms with van der Waals surface area (Å²) in [6.45, 7) is 5.24. The second-order valence-electron chi connectivity index (χ2n) is 8.84. The van der Waals surface area contributed by atoms with Crippen LogP contribution in [0.2, 0.25) is 0 Å². The minimum Gasteiger partial charge on any atom is -0.337 e. The lowest BCUT2D eigenvalue weighted by molar-refractivity contribution is 0.0684. The van der Waals surface area contributed by atoms with Crippen LogP contribution in [0.5, 0.6) is 0 Å². The van der Waals surface area contributed by atoms with E-state index in [9.17, 15) is 9.18 Å². The lowest BCUT2D eigenvalue weighted by atomic mass is 9.96. The first kappa shape index (κ1) is 25.5. The van der Waals surface area contributed by atoms with E-state index in [1.165, 1.54) is 6.07 Å². The summed E-state index contributed by atoms with van der Waals surface area (Å²) in [5.41, 5.74) is 2.41. The van der Waals surface area contributed by atoms with Gasteiger partial charge in [0, 0.05) is 38.1 Å². The summed E-state index contributed by atoms with van der Waals surface area (Å²) in [4.78, 5) is 17.9. The monoisotopic (exact) mass is 492 g/mol. The number of likely N-dealkylation sites (tertiary alicyclic amines) is 1. The minimum absolute atomic E-state index is 0. The van der Waals surface area contributed by atoms with Crippen LogP contribution in [-0.2, 0) is 13.0 Å². The molecule has 2 aromatic carbocycles. The predicted molar refractivity (Wildman–Crippen MR) is 134 cm³/mol. The van der Waals surface area contributed by atoms with Crippen LogP contribution in [0, 0.1) is 11.7 Å². The lowest BCUT2D eigenvalue weighted by Gasteiger charge is -2.35. The maximum atomic E-state index is 13.9. The first-order chi connectivity index (χ1) is 15.2. The van der Waals surface area contributed by atoms with Gasteiger partial charge in [-0.25, -0.2) is 4.39 Å². The highest BCUT2D eigenvalue weighted by Crippen LogP contribution is 2.25. The summed E-state index contributed by atoms with van der Waals surface area (Å²) in [5, 5.41) is 5.60. The summed E-state index contributed by atoms with van der Waals surface area (Å²) in [7, 11) is 0. The van der Waals surface area contributed by atoms with Gasteiger partial charge < -0.3 is 9.80 Å². The van der Waals surface area contributed by atoms with Crippen LogP contribution >= 0.6 is 24.8 Å². The molecule has 8 heteroatoms. The molecule has 1 saturated heterocycles. The number of benzene rings is 2. The van der Waals surface area contributed by atoms with Gasteiger partial charge in [0.2, 0.25) is 0 Å². The molecule has 1 atom stereocenters. The number of carbonyl (C=O) groups excluding carboxylic acids is 1. The third kappa shape index (κ3) is 5.51. The Morgan fingerprint density at radius 1 is 0.970 bits per heavy atom. The van der Waals surface area contributed by atoms with Crippen LogP contribution in [0.4, 0.5) is 4.39 Å². The lowest BCUT2D eigenvalue weighted by Crippen LogP contribution is -2.43. The molecular formula is C25H31Cl2FN4O. The van der Waals surface area contributed by atoms with Crippen LogP contribution < -0.4 is 0 Å². The van der Waals surface area contributed by atoms with Crippen molar-refractivity contribution in [2.24, 2.45) is 5.92 Å². The molecule has 0 N–H and O–H groups in total. The quantitative estimate of drug-likeness (QED) is 0.512. The molecule has 2 aliphatic rings. The molecule has 3 heterocycles. The summed E-state index contributed by atoms with van der Waals surface area (Å²) in [5.74, 6) is 0.448. The third-order valence-electron chi connectivity index (χ3n) is 6.67. The first-order valence-electron chi connectivity index (χ1n) is 11.4. The van der Waals surface area contributed by atoms with Crippen LogP contribution in [-0.4, -0.2) is 58.2 Å². The number of hydrogen-bond donors (Lipinski definition) is 0. The van der Waals surface area contributed by atoms with Crippen molar-refractivity contribution in [2.45, 2.75) is 32.2 Å². The normalized spacial score (nSPS) is 18.9. The summed E-state index contributed by atoms with van der Waals surface area (Å²) in [6, 6.07) is 15.0. The number of nitrogens with zero attached hydrogens (tertiary/aromatic N) is 4. The zero-order valence-corrected chi connectivity index (χ0v) is 20.3. The van der Waals surface area contributed by atoms with Crippen molar-refractivity contribution in [1.82, 2.24) is 19.6 Å². The Kier molecular flexibility index (Phi) is 8.74. The standard InChI is InChI=1S/C25H29FN4O.2ClH/c26-22-10-3-1-8-20(22)12-16-28-13-5-7-19(17-28)18-29-14-6-15-30-24(25(29)31)21-9-2-4-11-23(21)27-30;;/h1-4,8-11,19H,5-7,12-18H2;2*1H. The van der Waals surface area contributed by atoms with Gasteiger partial charge >= 0.3 is 0 Å². The number of aromatic nitrogens is 2. The number of halogens is 3. The highest BCUT2D eigenvalue weighted by atomic mass is 35.5. The van der Waals surface area contributed by atoms with Gasteiger partial charge in [-0.3, -0.25) is 9.48 Å². The Hall–Kier alpha value is -2.15. The van der Waals surface area contributed by atoms with Crippen LogP contribution in [0.3, 0.4) is 0 Å². The first-order valence-corrected chi connectivity index (χ1v) is 11.4. The molecule has 33 heavy (non-hydrogen) atoms. The second kappa shape index (κ2) is 11.3. The number of fused-ring (bicyclic) bond motifs is 3. The number of carbonyl (C=O) groups is 1. The number of aryl methyl sites for hydroxylation is 1. The van der Waals surface area contributed by atoms with E-state index in [0.29, 0.717) is 5.92 Å². The van der Waals surface area contributed by atoms with E-state index in [4.69, 9.17) is 0 Å². The van der Waals surface area contributed by atoms with Crippen molar-refractivity contribution >= 4 is 41.6 Å². The third-order valence-corrected chi connectivity index (χ3v) is 6.67. The largest absolute Gasteiger partial charge is 0.337 e. The van der Waals surface area contributed by atoms with Crippen molar-refractivity contribution in [3.63, 3.8) is 0 Å². The van der Waals surface area contributed by atoms with E-state index >= 15 is 0 Å². The van der Waals surface area contributed by atoms with Crippen LogP contribution in [0.1, 0.15) is 35.3 Å². The van der Waals surface area contributed by atoms with Crippen LogP contribution in [0.25, 0.3) is 10.9 Å². The Morgan fingerprint density at radius 2 is 1.76 bits per heavy atom. The van der Waals surface area contributed by atoms with Gasteiger partial charge in [-0.2, -0.15) is 5.10 Å². The number of rotatable bonds is 5. The molecule has 0 radical (unpaired) electrons. The Balaban J connectivity index is 0.00000153. The van der Waals surface area contributed by atoms with E-state index in [0.717, 1.165) is 87.1 Å². The molecule has 3 aromatic rings. The van der Waals surface area contributed by atoms with Crippen molar-refractivity contribution in [2.75, 3.05) is 32.7 Å². The number of amides is 1. The smallest absolute Gasteiger partial charge is 0.272 e. The van der Waals surface area contributed by atoms with Gasteiger partial charge in [0.25, 0.3) is 5.91 Å². The highest BCUT2D eigenvalue weighted by molar-refractivity contribution is 6.05. The average Bonchev–Trinajstić information content (AvgIpc) is 3.08. The summed E-state index contributed by atoms with van der Waals surface area (Å²) in [6.07, 6.45) is 3.93. The fraction of sp³-hybridized carbons (Fsp3) is 0.440. The zero-order valence-electron chi connectivity index (χ0n) is 18.7. The summed E-state index contributed by atoms with van der Waals surface area (Å²) >= 11 is 0. The van der Waals surface area contributed by atoms with Crippen molar-refractivity contribution in [3.05, 3.63) is 65.6 Å². The molecule has 1 aromatic heterocycles. The van der Waals surface area contributed by atoms with E-state index in [2.05, 4.69) is 10.00 Å². The molecule has 0 bridgehead atoms. The molecule has 178 valence electrons. The van der Waals surface area contributed by atoms with E-state index in [1.54, 1.807) is 6.07 Å². The molecule has 1 unspecified atom stereocenters. The Bertz CT molecular complexity index is 1090. The molecule has 1 amide bonds. The minimum atomic E-state index is -0.116. The Morgan fingerprint density at radius 3 is 2.61 bits per heavy atom. The van der Waals surface area contributed by atoms with E-state index < -0.39 is 0 Å². The van der Waals surface area contributed by atoms with Gasteiger partial charge in [-0.05, 0) is 55.8 Å². The topological polar surface area (TPSA) is 41.4 Å². The van der Waals surface area contributed by atoms with Crippen molar-refractivity contribution in [3.8, 4) is 0 Å². The number of hydrogen-bond acceptors (Lipinski definition) is 3. The highest BCUT2D eigenvalue weighted by Gasteiger charge is 2.29. The molecule has 5 nitrogen and oxygen atoms in total. The predicted octanol–water partition coefficient (Wildman–Crippen LogP) is 4.82. The fourth-order valence-corrected chi connectivity index (χ4v) is 5.10. The van der Waals surface area contributed by atoms with Gasteiger partial charge in [0.05, 0.1) is 5.52 Å². The van der Waals surface area contributed by atoms with Gasteiger partial charge in [0.15, 0.2) is 0 Å². The molecule has 5 rings (SSSR count). The zero-order chi connectivity index (χ0) is 21.2. The van der Waals surface area contributed by atoms with E-state index in [1.807, 2.05) is 46.0 Å². The number of piperidine rings is 1. The molecule has 0 spiro atoms. The molecule has 0 saturated carbocycles. The SMILES string of the molecule is Cl.Cl.O=C1c2c3ccccc3nn2CCCN1CC1CCCN(CCc2ccccc2F)C1. The maximum absolute atomic E-state index is 13.9. The molecule has 2 aliphatic heterocycles. The molecular weight excluding hydrogens is 462 g/mol. The average molecular weight is 493 g/mol. The van der Waals surface area contributed by atoms with Crippen molar-refractivity contribution < 1.29 is 9.18 Å². The van der Waals surface area contributed by atoms with Gasteiger partial charge in [0.1, 0.15) is 11.5 Å². The molecule has 0 aliphatic carbocycles. The Labute approximate surface area is 206 Å². The van der Waals surface area contributed by atoms with Crippen molar-refractivity contribution in [1.29, 1.82) is 0 Å². The van der Waals surface area contributed by atoms with Crippen LogP contribution in [0.15, 0.2) is 48.5 Å². The molecule has 1 fully saturated rings. The fourth-order valence-electron chi connectivity index (χ4n) is 5.10. The van der Waals surface area contributed by atoms with Gasteiger partial charge in [-0.15, -0.1) is 24.8 Å². The van der Waals surface area contributed by atoms with Gasteiger partial charge in [-0.1, -0.05) is 36.4 Å². The van der Waals surface area contributed by atoms with E-state index in [-0.39, 0.29) is 36.5 Å².